The number of ether oxygens (including phenoxy) is 1. The molecule has 2 aromatic rings. The molecule has 6 nitrogen and oxygen atoms in total. The molecular weight excluding hydrogens is 358 g/mol. The van der Waals surface area contributed by atoms with Crippen molar-refractivity contribution in [2.24, 2.45) is 5.11 Å². The van der Waals surface area contributed by atoms with Crippen LogP contribution in [0.3, 0.4) is 0 Å². The lowest BCUT2D eigenvalue weighted by molar-refractivity contribution is -0.274. The van der Waals surface area contributed by atoms with Crippen molar-refractivity contribution < 1.29 is 32.2 Å². The first-order chi connectivity index (χ1) is 12.2. The number of rotatable bonds is 6. The zero-order chi connectivity index (χ0) is 19.3. The maximum absolute atomic E-state index is 13.2. The van der Waals surface area contributed by atoms with Gasteiger partial charge >= 0.3 is 12.3 Å². The van der Waals surface area contributed by atoms with E-state index in [-0.39, 0.29) is 11.1 Å². The van der Waals surface area contributed by atoms with E-state index in [1.807, 2.05) is 0 Å². The zero-order valence-corrected chi connectivity index (χ0v) is 12.9. The topological polar surface area (TPSA) is 95.3 Å². The molecule has 0 aliphatic rings. The van der Waals surface area contributed by atoms with Gasteiger partial charge in [-0.25, -0.2) is 4.39 Å². The SMILES string of the molecule is [N-]=[N+]=N[C@H](C(=O)O)[C@@H](c1ccc(F)cc1)c1ccccc1OC(F)(F)F. The number of hydrogen-bond acceptors (Lipinski definition) is 3. The summed E-state index contributed by atoms with van der Waals surface area (Å²) in [6, 6.07) is 7.55. The first-order valence-electron chi connectivity index (χ1n) is 7.10. The Kier molecular flexibility index (Phi) is 5.68. The Morgan fingerprint density at radius 2 is 1.77 bits per heavy atom. The van der Waals surface area contributed by atoms with Crippen LogP contribution in [0.2, 0.25) is 0 Å². The van der Waals surface area contributed by atoms with E-state index in [9.17, 15) is 27.5 Å². The van der Waals surface area contributed by atoms with E-state index in [2.05, 4.69) is 14.8 Å². The normalized spacial score (nSPS) is 13.4. The lowest BCUT2D eigenvalue weighted by Crippen LogP contribution is -2.28. The van der Waals surface area contributed by atoms with Crippen molar-refractivity contribution in [1.82, 2.24) is 0 Å². The molecule has 2 aromatic carbocycles. The number of benzene rings is 2. The molecule has 0 aromatic heterocycles. The molecule has 0 radical (unpaired) electrons. The van der Waals surface area contributed by atoms with E-state index in [1.165, 1.54) is 30.3 Å². The summed E-state index contributed by atoms with van der Waals surface area (Å²) in [5.41, 5.74) is 8.62. The smallest absolute Gasteiger partial charge is 0.481 e. The first-order valence-corrected chi connectivity index (χ1v) is 7.10. The van der Waals surface area contributed by atoms with Crippen molar-refractivity contribution in [2.45, 2.75) is 18.3 Å². The minimum absolute atomic E-state index is 0.143. The van der Waals surface area contributed by atoms with Crippen LogP contribution in [0.15, 0.2) is 53.6 Å². The Morgan fingerprint density at radius 3 is 2.31 bits per heavy atom. The van der Waals surface area contributed by atoms with Crippen LogP contribution in [0.4, 0.5) is 17.6 Å². The number of carboxylic acid groups (broad SMARTS) is 1. The van der Waals surface area contributed by atoms with E-state index in [0.717, 1.165) is 18.2 Å². The third-order valence-electron chi connectivity index (χ3n) is 3.45. The van der Waals surface area contributed by atoms with Crippen LogP contribution in [0.1, 0.15) is 17.0 Å². The Bertz CT molecular complexity index is 831. The van der Waals surface area contributed by atoms with E-state index in [1.54, 1.807) is 0 Å². The van der Waals surface area contributed by atoms with Crippen molar-refractivity contribution in [2.75, 3.05) is 0 Å². The zero-order valence-electron chi connectivity index (χ0n) is 12.9. The molecule has 136 valence electrons. The number of alkyl halides is 3. The molecule has 2 rings (SSSR count). The third-order valence-corrected chi connectivity index (χ3v) is 3.45. The summed E-state index contributed by atoms with van der Waals surface area (Å²) >= 11 is 0. The second-order valence-corrected chi connectivity index (χ2v) is 5.10. The van der Waals surface area contributed by atoms with Crippen molar-refractivity contribution in [3.8, 4) is 5.75 Å². The molecule has 26 heavy (non-hydrogen) atoms. The third kappa shape index (κ3) is 4.64. The average Bonchev–Trinajstić information content (AvgIpc) is 2.56. The highest BCUT2D eigenvalue weighted by molar-refractivity contribution is 5.76. The maximum Gasteiger partial charge on any atom is 0.573 e. The van der Waals surface area contributed by atoms with E-state index in [0.29, 0.717) is 0 Å². The molecule has 0 aliphatic heterocycles. The number of azide groups is 1. The van der Waals surface area contributed by atoms with Gasteiger partial charge in [-0.15, -0.1) is 13.2 Å². The number of carbonyl (C=O) groups is 1. The van der Waals surface area contributed by atoms with E-state index in [4.69, 9.17) is 5.53 Å². The molecule has 0 saturated heterocycles. The molecule has 10 heteroatoms. The van der Waals surface area contributed by atoms with Gasteiger partial charge in [0.15, 0.2) is 0 Å². The van der Waals surface area contributed by atoms with Gasteiger partial charge in [-0.1, -0.05) is 35.4 Å². The predicted molar refractivity (Wildman–Crippen MR) is 81.9 cm³/mol. The van der Waals surface area contributed by atoms with Gasteiger partial charge in [0.1, 0.15) is 17.6 Å². The second-order valence-electron chi connectivity index (χ2n) is 5.10. The summed E-state index contributed by atoms with van der Waals surface area (Å²) in [7, 11) is 0. The molecule has 0 unspecified atom stereocenters. The second kappa shape index (κ2) is 7.75. The Balaban J connectivity index is 2.66. The lowest BCUT2D eigenvalue weighted by Gasteiger charge is -2.24. The molecule has 1 N–H and O–H groups in total. The summed E-state index contributed by atoms with van der Waals surface area (Å²) in [5, 5.41) is 12.6. The van der Waals surface area contributed by atoms with Crippen molar-refractivity contribution >= 4 is 5.97 Å². The molecule has 0 spiro atoms. The summed E-state index contributed by atoms with van der Waals surface area (Å²) in [6.45, 7) is 0. The van der Waals surface area contributed by atoms with Crippen LogP contribution >= 0.6 is 0 Å². The highest BCUT2D eigenvalue weighted by atomic mass is 19.4. The summed E-state index contributed by atoms with van der Waals surface area (Å²) in [5.74, 6) is -4.15. The highest BCUT2D eigenvalue weighted by Gasteiger charge is 2.36. The number of carboxylic acids is 1. The first kappa shape index (κ1) is 19.1. The molecule has 0 bridgehead atoms. The van der Waals surface area contributed by atoms with Gasteiger partial charge in [0.2, 0.25) is 0 Å². The van der Waals surface area contributed by atoms with Crippen molar-refractivity contribution in [3.63, 3.8) is 0 Å². The summed E-state index contributed by atoms with van der Waals surface area (Å²) < 4.78 is 55.2. The quantitative estimate of drug-likeness (QED) is 0.348. The molecule has 2 atom stereocenters. The number of hydrogen-bond donors (Lipinski definition) is 1. The summed E-state index contributed by atoms with van der Waals surface area (Å²) in [4.78, 5) is 14.0. The van der Waals surface area contributed by atoms with Crippen LogP contribution in [0, 0.1) is 5.82 Å². The minimum Gasteiger partial charge on any atom is -0.481 e. The largest absolute Gasteiger partial charge is 0.573 e. The van der Waals surface area contributed by atoms with Crippen molar-refractivity contribution in [1.29, 1.82) is 0 Å². The predicted octanol–water partition coefficient (Wildman–Crippen LogP) is 4.62. The van der Waals surface area contributed by atoms with E-state index < -0.39 is 35.9 Å². The van der Waals surface area contributed by atoms with Gasteiger partial charge in [-0.3, -0.25) is 4.79 Å². The Labute approximate surface area is 144 Å². The van der Waals surface area contributed by atoms with Crippen LogP contribution < -0.4 is 4.74 Å². The van der Waals surface area contributed by atoms with Gasteiger partial charge in [0, 0.05) is 16.4 Å². The fourth-order valence-electron chi connectivity index (χ4n) is 2.47. The van der Waals surface area contributed by atoms with Gasteiger partial charge in [-0.05, 0) is 29.3 Å². The standard InChI is InChI=1S/C16H11F4N3O3/c17-10-7-5-9(6-8-10)13(14(15(24)25)22-23-21)11-3-1-2-4-12(11)26-16(18,19)20/h1-8,13-14H,(H,24,25)/t13-,14-/m0/s1. The van der Waals surface area contributed by atoms with Gasteiger partial charge < -0.3 is 9.84 Å². The number of halogens is 4. The van der Waals surface area contributed by atoms with Crippen molar-refractivity contribution in [3.05, 3.63) is 75.9 Å². The van der Waals surface area contributed by atoms with Gasteiger partial charge in [-0.2, -0.15) is 0 Å². The monoisotopic (exact) mass is 369 g/mol. The van der Waals surface area contributed by atoms with Gasteiger partial charge in [0.05, 0.1) is 0 Å². The van der Waals surface area contributed by atoms with Crippen LogP contribution in [-0.4, -0.2) is 23.5 Å². The number of nitrogens with zero attached hydrogens (tertiary/aromatic N) is 3. The fraction of sp³-hybridized carbons (Fsp3) is 0.188. The number of para-hydroxylation sites is 1. The maximum atomic E-state index is 13.2. The summed E-state index contributed by atoms with van der Waals surface area (Å²) in [6.07, 6.45) is -5.01. The molecule has 0 saturated carbocycles. The molecular formula is C16H11F4N3O3. The Hall–Kier alpha value is -3.26. The molecule has 0 amide bonds. The Morgan fingerprint density at radius 1 is 1.15 bits per heavy atom. The molecule has 0 heterocycles. The molecule has 0 aliphatic carbocycles. The van der Waals surface area contributed by atoms with E-state index >= 15 is 0 Å². The van der Waals surface area contributed by atoms with Crippen LogP contribution in [0.25, 0.3) is 10.4 Å². The number of aliphatic carboxylic acids is 1. The van der Waals surface area contributed by atoms with Gasteiger partial charge in [0.25, 0.3) is 0 Å². The average molecular weight is 369 g/mol. The minimum atomic E-state index is -5.01. The fourth-order valence-corrected chi connectivity index (χ4v) is 2.47. The lowest BCUT2D eigenvalue weighted by atomic mass is 9.84. The van der Waals surface area contributed by atoms with Crippen LogP contribution in [0.5, 0.6) is 5.75 Å². The highest BCUT2D eigenvalue weighted by Crippen LogP contribution is 2.38. The van der Waals surface area contributed by atoms with Crippen LogP contribution in [-0.2, 0) is 4.79 Å². The molecule has 0 fully saturated rings.